The number of carbonyl (C=O) groups excluding carboxylic acids is 2. The highest BCUT2D eigenvalue weighted by molar-refractivity contribution is 7.92. The van der Waals surface area contributed by atoms with Crippen molar-refractivity contribution in [2.24, 2.45) is 0 Å². The Kier molecular flexibility index (Phi) is 11.6. The maximum Gasteiger partial charge on any atom is 0.243 e. The van der Waals surface area contributed by atoms with E-state index in [0.29, 0.717) is 22.9 Å². The molecule has 2 amide bonds. The molecule has 0 aliphatic rings. The van der Waals surface area contributed by atoms with Gasteiger partial charge >= 0.3 is 0 Å². The van der Waals surface area contributed by atoms with Crippen molar-refractivity contribution in [1.29, 1.82) is 0 Å². The van der Waals surface area contributed by atoms with Crippen LogP contribution in [0.1, 0.15) is 50.3 Å². The molecule has 0 fully saturated rings. The summed E-state index contributed by atoms with van der Waals surface area (Å²) in [4.78, 5) is 29.4. The van der Waals surface area contributed by atoms with E-state index in [0.717, 1.165) is 22.9 Å². The Balaban J connectivity index is 1.94. The largest absolute Gasteiger partial charge is 0.497 e. The molecule has 0 bridgehead atoms. The van der Waals surface area contributed by atoms with Gasteiger partial charge in [0.2, 0.25) is 21.8 Å². The molecule has 0 aliphatic heterocycles. The summed E-state index contributed by atoms with van der Waals surface area (Å²) in [6, 6.07) is 21.2. The average Bonchev–Trinajstić information content (AvgIpc) is 2.93. The second kappa shape index (κ2) is 14.8. The van der Waals surface area contributed by atoms with Crippen molar-refractivity contribution in [3.05, 3.63) is 94.5 Å². The molecule has 0 spiro atoms. The van der Waals surface area contributed by atoms with Crippen LogP contribution in [0.4, 0.5) is 5.69 Å². The maximum atomic E-state index is 14.0. The minimum absolute atomic E-state index is 0.0314. The monoisotopic (exact) mass is 627 g/mol. The number of hydrogen-bond donors (Lipinski definition) is 1. The summed E-state index contributed by atoms with van der Waals surface area (Å²) in [7, 11) is -2.08. The van der Waals surface area contributed by atoms with Gasteiger partial charge in [-0.3, -0.25) is 13.9 Å². The van der Waals surface area contributed by atoms with Crippen molar-refractivity contribution in [3.63, 3.8) is 0 Å². The molecule has 0 saturated carbocycles. The number of anilines is 1. The van der Waals surface area contributed by atoms with E-state index in [-0.39, 0.29) is 37.7 Å². The predicted molar refractivity (Wildman–Crippen MR) is 173 cm³/mol. The Hall–Kier alpha value is -3.56. The Labute approximate surface area is 261 Å². The summed E-state index contributed by atoms with van der Waals surface area (Å²) in [6.07, 6.45) is 1.72. The van der Waals surface area contributed by atoms with E-state index in [1.165, 1.54) is 4.31 Å². The van der Waals surface area contributed by atoms with Crippen LogP contribution < -0.4 is 14.4 Å². The van der Waals surface area contributed by atoms with Gasteiger partial charge in [0.15, 0.2) is 0 Å². The lowest BCUT2D eigenvalue weighted by Crippen LogP contribution is -2.54. The number of carbonyl (C=O) groups is 2. The van der Waals surface area contributed by atoms with Gasteiger partial charge in [-0.15, -0.1) is 0 Å². The zero-order valence-corrected chi connectivity index (χ0v) is 27.3. The molecule has 0 radical (unpaired) electrons. The Morgan fingerprint density at radius 1 is 0.977 bits per heavy atom. The average molecular weight is 628 g/mol. The number of aryl methyl sites for hydroxylation is 1. The number of sulfonamides is 1. The summed E-state index contributed by atoms with van der Waals surface area (Å²) < 4.78 is 32.2. The standard InChI is InChI=1S/C33H42ClN3O5S/c1-24-17-18-27(34)22-29(24)37(43(6,40)41)19-11-16-31(38)36(23-26-14-10-15-28(20-26)42-5)30(32(39)35-33(2,3)4)21-25-12-8-7-9-13-25/h7-10,12-15,17-18,20,22,30H,11,16,19,21,23H2,1-6H3,(H,35,39)/t30-/m1/s1. The molecule has 1 N–H and O–H groups in total. The van der Waals surface area contributed by atoms with E-state index >= 15 is 0 Å². The molecule has 0 unspecified atom stereocenters. The van der Waals surface area contributed by atoms with E-state index in [1.807, 2.05) is 82.3 Å². The van der Waals surface area contributed by atoms with E-state index in [4.69, 9.17) is 16.3 Å². The molecule has 0 saturated heterocycles. The van der Waals surface area contributed by atoms with Crippen LogP contribution >= 0.6 is 11.6 Å². The number of amides is 2. The summed E-state index contributed by atoms with van der Waals surface area (Å²) in [5.41, 5.74) is 2.44. The van der Waals surface area contributed by atoms with E-state index < -0.39 is 21.6 Å². The third-order valence-corrected chi connectivity index (χ3v) is 8.26. The summed E-state index contributed by atoms with van der Waals surface area (Å²) in [5, 5.41) is 3.47. The zero-order valence-electron chi connectivity index (χ0n) is 25.8. The number of hydrogen-bond acceptors (Lipinski definition) is 5. The topological polar surface area (TPSA) is 96.0 Å². The van der Waals surface area contributed by atoms with Crippen molar-refractivity contribution in [3.8, 4) is 5.75 Å². The lowest BCUT2D eigenvalue weighted by Gasteiger charge is -2.34. The molecular formula is C33H42ClN3O5S. The molecule has 0 heterocycles. The number of methoxy groups -OCH3 is 1. The molecule has 0 aromatic heterocycles. The first-order valence-corrected chi connectivity index (χ1v) is 16.4. The van der Waals surface area contributed by atoms with Crippen LogP contribution in [0.2, 0.25) is 5.02 Å². The van der Waals surface area contributed by atoms with Gasteiger partial charge in [-0.2, -0.15) is 0 Å². The van der Waals surface area contributed by atoms with Crippen molar-refractivity contribution in [2.75, 3.05) is 24.2 Å². The SMILES string of the molecule is COc1cccc(CN(C(=O)CCCN(c2cc(Cl)ccc2C)S(C)(=O)=O)[C@H](Cc2ccccc2)C(=O)NC(C)(C)C)c1. The molecular weight excluding hydrogens is 586 g/mol. The van der Waals surface area contributed by atoms with Gasteiger partial charge in [0.25, 0.3) is 0 Å². The quantitative estimate of drug-likeness (QED) is 0.260. The van der Waals surface area contributed by atoms with Crippen LogP contribution in [-0.4, -0.2) is 56.6 Å². The number of nitrogens with zero attached hydrogens (tertiary/aromatic N) is 2. The summed E-state index contributed by atoms with van der Waals surface area (Å²) in [6.45, 7) is 7.76. The van der Waals surface area contributed by atoms with Crippen molar-refractivity contribution in [2.45, 2.75) is 65.1 Å². The highest BCUT2D eigenvalue weighted by atomic mass is 35.5. The highest BCUT2D eigenvalue weighted by Gasteiger charge is 2.32. The van der Waals surface area contributed by atoms with Crippen LogP contribution in [0.5, 0.6) is 5.75 Å². The normalized spacial score (nSPS) is 12.3. The number of ether oxygens (including phenoxy) is 1. The van der Waals surface area contributed by atoms with Crippen molar-refractivity contribution in [1.82, 2.24) is 10.2 Å². The minimum atomic E-state index is -3.65. The second-order valence-electron chi connectivity index (χ2n) is 11.7. The third kappa shape index (κ3) is 10.3. The van der Waals surface area contributed by atoms with Crippen LogP contribution in [-0.2, 0) is 32.6 Å². The first-order chi connectivity index (χ1) is 20.2. The Morgan fingerprint density at radius 3 is 2.28 bits per heavy atom. The number of nitrogens with one attached hydrogen (secondary N) is 1. The van der Waals surface area contributed by atoms with Gasteiger partial charge in [0, 0.05) is 36.5 Å². The molecule has 1 atom stereocenters. The van der Waals surface area contributed by atoms with Crippen molar-refractivity contribution >= 4 is 39.1 Å². The Bertz CT molecular complexity index is 1510. The zero-order chi connectivity index (χ0) is 31.8. The van der Waals surface area contributed by atoms with Crippen LogP contribution in [0.3, 0.4) is 0 Å². The van der Waals surface area contributed by atoms with E-state index in [1.54, 1.807) is 30.2 Å². The number of halogens is 1. The van der Waals surface area contributed by atoms with Crippen molar-refractivity contribution < 1.29 is 22.7 Å². The smallest absolute Gasteiger partial charge is 0.243 e. The predicted octanol–water partition coefficient (Wildman–Crippen LogP) is 5.76. The second-order valence-corrected chi connectivity index (χ2v) is 14.0. The molecule has 232 valence electrons. The molecule has 3 rings (SSSR count). The van der Waals surface area contributed by atoms with Crippen LogP contribution in [0.25, 0.3) is 0 Å². The van der Waals surface area contributed by atoms with E-state index in [9.17, 15) is 18.0 Å². The Morgan fingerprint density at radius 2 is 1.65 bits per heavy atom. The molecule has 10 heteroatoms. The van der Waals surface area contributed by atoms with Gasteiger partial charge in [0.1, 0.15) is 11.8 Å². The lowest BCUT2D eigenvalue weighted by atomic mass is 10.00. The minimum Gasteiger partial charge on any atom is -0.497 e. The van der Waals surface area contributed by atoms with Gasteiger partial charge in [0.05, 0.1) is 19.1 Å². The number of benzene rings is 3. The van der Waals surface area contributed by atoms with E-state index in [2.05, 4.69) is 5.32 Å². The molecule has 3 aromatic rings. The molecule has 0 aliphatic carbocycles. The maximum absolute atomic E-state index is 14.0. The third-order valence-electron chi connectivity index (χ3n) is 6.85. The fourth-order valence-corrected chi connectivity index (χ4v) is 5.99. The lowest BCUT2D eigenvalue weighted by molar-refractivity contribution is -0.142. The highest BCUT2D eigenvalue weighted by Crippen LogP contribution is 2.27. The van der Waals surface area contributed by atoms with Gasteiger partial charge in [-0.1, -0.05) is 60.1 Å². The fraction of sp³-hybridized carbons (Fsp3) is 0.394. The van der Waals surface area contributed by atoms with Gasteiger partial charge in [-0.25, -0.2) is 8.42 Å². The van der Waals surface area contributed by atoms with Gasteiger partial charge < -0.3 is 15.0 Å². The molecule has 3 aromatic carbocycles. The molecule has 8 nitrogen and oxygen atoms in total. The van der Waals surface area contributed by atoms with Crippen LogP contribution in [0.15, 0.2) is 72.8 Å². The van der Waals surface area contributed by atoms with Gasteiger partial charge in [-0.05, 0) is 75.1 Å². The fourth-order valence-electron chi connectivity index (χ4n) is 4.81. The summed E-state index contributed by atoms with van der Waals surface area (Å²) >= 11 is 6.18. The summed E-state index contributed by atoms with van der Waals surface area (Å²) in [5.74, 6) is 0.119. The first kappa shape index (κ1) is 33.9. The number of rotatable bonds is 13. The first-order valence-electron chi connectivity index (χ1n) is 14.2. The molecule has 43 heavy (non-hydrogen) atoms. The van der Waals surface area contributed by atoms with Crippen LogP contribution in [0, 0.1) is 6.92 Å².